The fraction of sp³-hybridized carbons (Fsp3) is 0.400. The first-order valence-corrected chi connectivity index (χ1v) is 10.00. The number of carbonyl (C=O) groups is 3. The highest BCUT2D eigenvalue weighted by molar-refractivity contribution is 7.14. The lowest BCUT2D eigenvalue weighted by molar-refractivity contribution is -0.116. The van der Waals surface area contributed by atoms with Crippen LogP contribution in [0.25, 0.3) is 0 Å². The van der Waals surface area contributed by atoms with Gasteiger partial charge in [0.1, 0.15) is 11.4 Å². The van der Waals surface area contributed by atoms with Crippen molar-refractivity contribution in [1.29, 1.82) is 0 Å². The number of anilines is 2. The van der Waals surface area contributed by atoms with E-state index in [4.69, 9.17) is 11.5 Å². The third-order valence-electron chi connectivity index (χ3n) is 3.21. The van der Waals surface area contributed by atoms with Gasteiger partial charge in [-0.1, -0.05) is 0 Å². The molecule has 12 heteroatoms. The molecule has 0 aliphatic heterocycles. The lowest BCUT2D eigenvalue weighted by Crippen LogP contribution is -2.26. The van der Waals surface area contributed by atoms with Crippen LogP contribution in [0.2, 0.25) is 0 Å². The lowest BCUT2D eigenvalue weighted by Gasteiger charge is -2.01. The Morgan fingerprint density at radius 1 is 0.889 bits per heavy atom. The van der Waals surface area contributed by atoms with Gasteiger partial charge in [-0.2, -0.15) is 0 Å². The van der Waals surface area contributed by atoms with E-state index in [1.54, 1.807) is 5.38 Å². The lowest BCUT2D eigenvalue weighted by atomic mass is 10.3. The molecule has 2 aromatic rings. The molecule has 3 amide bonds. The van der Waals surface area contributed by atoms with Gasteiger partial charge in [0.25, 0.3) is 11.8 Å². The maximum atomic E-state index is 12.2. The number of thiazole rings is 2. The van der Waals surface area contributed by atoms with Crippen molar-refractivity contribution >= 4 is 50.7 Å². The Hall–Kier alpha value is -2.41. The van der Waals surface area contributed by atoms with Crippen LogP contribution in [-0.2, 0) is 4.79 Å². The van der Waals surface area contributed by atoms with Crippen molar-refractivity contribution < 1.29 is 14.4 Å². The predicted octanol–water partition coefficient (Wildman–Crippen LogP) is 0.608. The average Bonchev–Trinajstić information content (AvgIpc) is 3.30. The number of carbonyl (C=O) groups excluding carboxylic acids is 3. The number of hydrogen-bond acceptors (Lipinski definition) is 9. The van der Waals surface area contributed by atoms with Crippen LogP contribution < -0.4 is 27.4 Å². The molecular formula is C15H21N7O3S2. The van der Waals surface area contributed by atoms with Gasteiger partial charge in [0.05, 0.1) is 0 Å². The molecule has 0 radical (unpaired) electrons. The molecule has 10 nitrogen and oxygen atoms in total. The molecule has 0 aromatic carbocycles. The Balaban J connectivity index is 1.88. The summed E-state index contributed by atoms with van der Waals surface area (Å²) in [5, 5.41) is 11.6. The summed E-state index contributed by atoms with van der Waals surface area (Å²) in [6.07, 6.45) is 1.55. The van der Waals surface area contributed by atoms with Crippen molar-refractivity contribution in [1.82, 2.24) is 15.3 Å². The summed E-state index contributed by atoms with van der Waals surface area (Å²) in [7, 11) is 0. The molecule has 0 saturated heterocycles. The number of amides is 3. The summed E-state index contributed by atoms with van der Waals surface area (Å²) >= 11 is 2.28. The molecule has 0 atom stereocenters. The summed E-state index contributed by atoms with van der Waals surface area (Å²) < 4.78 is 0. The van der Waals surface area contributed by atoms with Crippen molar-refractivity contribution in [3.63, 3.8) is 0 Å². The van der Waals surface area contributed by atoms with Gasteiger partial charge < -0.3 is 22.1 Å². The molecule has 7 N–H and O–H groups in total. The first-order chi connectivity index (χ1) is 13.0. The van der Waals surface area contributed by atoms with Gasteiger partial charge in [-0.3, -0.25) is 19.7 Å². The number of aromatic nitrogens is 2. The van der Waals surface area contributed by atoms with Crippen LogP contribution in [0.5, 0.6) is 0 Å². The van der Waals surface area contributed by atoms with E-state index in [2.05, 4.69) is 25.9 Å². The fourth-order valence-electron chi connectivity index (χ4n) is 1.87. The zero-order chi connectivity index (χ0) is 19.6. The molecule has 0 spiro atoms. The van der Waals surface area contributed by atoms with Crippen LogP contribution in [0.4, 0.5) is 10.3 Å². The van der Waals surface area contributed by atoms with E-state index in [0.29, 0.717) is 44.0 Å². The Labute approximate surface area is 163 Å². The van der Waals surface area contributed by atoms with E-state index in [1.807, 2.05) is 0 Å². The molecule has 146 valence electrons. The monoisotopic (exact) mass is 411 g/mol. The smallest absolute Gasteiger partial charge is 0.276 e. The molecule has 2 aromatic heterocycles. The molecule has 0 aliphatic rings. The second-order valence-corrected chi connectivity index (χ2v) is 7.08. The SMILES string of the molecule is NCCCNC(=O)c1csc(NC(=O)c2csc(NC(=O)CCCN)n2)n1. The third-order valence-corrected chi connectivity index (χ3v) is 4.73. The van der Waals surface area contributed by atoms with Crippen molar-refractivity contribution in [3.8, 4) is 0 Å². The molecule has 2 heterocycles. The topological polar surface area (TPSA) is 165 Å². The Morgan fingerprint density at radius 3 is 2.11 bits per heavy atom. The van der Waals surface area contributed by atoms with E-state index in [1.165, 1.54) is 5.38 Å². The average molecular weight is 412 g/mol. The minimum atomic E-state index is -0.474. The highest BCUT2D eigenvalue weighted by Gasteiger charge is 2.16. The van der Waals surface area contributed by atoms with E-state index < -0.39 is 5.91 Å². The van der Waals surface area contributed by atoms with Crippen LogP contribution in [0.15, 0.2) is 10.8 Å². The Bertz CT molecular complexity index is 790. The van der Waals surface area contributed by atoms with Crippen molar-refractivity contribution in [2.45, 2.75) is 19.3 Å². The van der Waals surface area contributed by atoms with Gasteiger partial charge in [-0.15, -0.1) is 22.7 Å². The quantitative estimate of drug-likeness (QED) is 0.357. The van der Waals surface area contributed by atoms with Gasteiger partial charge in [-0.25, -0.2) is 9.97 Å². The van der Waals surface area contributed by atoms with Crippen molar-refractivity contribution in [2.75, 3.05) is 30.3 Å². The first kappa shape index (κ1) is 20.9. The van der Waals surface area contributed by atoms with E-state index in [9.17, 15) is 14.4 Å². The summed E-state index contributed by atoms with van der Waals surface area (Å²) in [5.74, 6) is -0.999. The maximum absolute atomic E-state index is 12.2. The molecule has 0 unspecified atom stereocenters. The molecule has 0 aliphatic carbocycles. The van der Waals surface area contributed by atoms with E-state index in [-0.39, 0.29) is 28.3 Å². The van der Waals surface area contributed by atoms with Crippen LogP contribution in [-0.4, -0.2) is 47.3 Å². The minimum absolute atomic E-state index is 0.151. The van der Waals surface area contributed by atoms with Gasteiger partial charge in [0, 0.05) is 23.7 Å². The molecule has 0 fully saturated rings. The summed E-state index contributed by atoms with van der Waals surface area (Å²) in [4.78, 5) is 43.9. The van der Waals surface area contributed by atoms with Crippen LogP contribution in [0.1, 0.15) is 40.2 Å². The summed E-state index contributed by atoms with van der Waals surface area (Å²) in [5.41, 5.74) is 11.1. The zero-order valence-electron chi connectivity index (χ0n) is 14.5. The Morgan fingerprint density at radius 2 is 1.48 bits per heavy atom. The fourth-order valence-corrected chi connectivity index (χ4v) is 3.26. The number of hydrogen-bond donors (Lipinski definition) is 5. The number of rotatable bonds is 10. The standard InChI is InChI=1S/C15H21N7O3S2/c16-4-1-3-11(23)21-14-20-10(8-26-14)13(25)22-15-19-9(7-27-15)12(24)18-6-2-5-17/h7-8H,1-6,16-17H2,(H,18,24)(H,19,22,25)(H,20,21,23). The zero-order valence-corrected chi connectivity index (χ0v) is 16.1. The molecule has 0 saturated carbocycles. The van der Waals surface area contributed by atoms with Crippen LogP contribution in [0.3, 0.4) is 0 Å². The minimum Gasteiger partial charge on any atom is -0.351 e. The second-order valence-electron chi connectivity index (χ2n) is 5.37. The van der Waals surface area contributed by atoms with Gasteiger partial charge >= 0.3 is 0 Å². The van der Waals surface area contributed by atoms with E-state index in [0.717, 1.165) is 22.7 Å². The highest BCUT2D eigenvalue weighted by Crippen LogP contribution is 2.19. The summed E-state index contributed by atoms with van der Waals surface area (Å²) in [6.45, 7) is 1.38. The van der Waals surface area contributed by atoms with Crippen molar-refractivity contribution in [3.05, 3.63) is 22.1 Å². The predicted molar refractivity (Wildman–Crippen MR) is 105 cm³/mol. The molecule has 0 bridgehead atoms. The van der Waals surface area contributed by atoms with Gasteiger partial charge in [0.15, 0.2) is 10.3 Å². The molecular weight excluding hydrogens is 390 g/mol. The van der Waals surface area contributed by atoms with Crippen LogP contribution >= 0.6 is 22.7 Å². The maximum Gasteiger partial charge on any atom is 0.276 e. The Kier molecular flexibility index (Phi) is 8.26. The number of nitrogens with two attached hydrogens (primary N) is 2. The normalized spacial score (nSPS) is 10.4. The van der Waals surface area contributed by atoms with Gasteiger partial charge in [-0.05, 0) is 25.9 Å². The second kappa shape index (κ2) is 10.7. The number of nitrogens with one attached hydrogen (secondary N) is 3. The molecule has 2 rings (SSSR count). The van der Waals surface area contributed by atoms with Crippen molar-refractivity contribution in [2.24, 2.45) is 11.5 Å². The van der Waals surface area contributed by atoms with Gasteiger partial charge in [0.2, 0.25) is 5.91 Å². The number of nitrogens with zero attached hydrogens (tertiary/aromatic N) is 2. The highest BCUT2D eigenvalue weighted by atomic mass is 32.1. The van der Waals surface area contributed by atoms with E-state index >= 15 is 0 Å². The van der Waals surface area contributed by atoms with Crippen LogP contribution in [0, 0.1) is 0 Å². The first-order valence-electron chi connectivity index (χ1n) is 8.24. The summed E-state index contributed by atoms with van der Waals surface area (Å²) in [6, 6.07) is 0. The largest absolute Gasteiger partial charge is 0.351 e. The third kappa shape index (κ3) is 6.67. The molecule has 27 heavy (non-hydrogen) atoms.